The van der Waals surface area contributed by atoms with Crippen LogP contribution in [0.1, 0.15) is 35.4 Å². The predicted molar refractivity (Wildman–Crippen MR) is 108 cm³/mol. The van der Waals surface area contributed by atoms with E-state index < -0.39 is 12.0 Å². The third-order valence-corrected chi connectivity index (χ3v) is 5.54. The number of halogens is 2. The van der Waals surface area contributed by atoms with Crippen molar-refractivity contribution in [2.75, 3.05) is 5.01 Å². The molecule has 3 rings (SSSR count). The van der Waals surface area contributed by atoms with Crippen molar-refractivity contribution in [3.05, 3.63) is 63.1 Å². The van der Waals surface area contributed by atoms with Gasteiger partial charge in [0.15, 0.2) is 6.04 Å². The van der Waals surface area contributed by atoms with E-state index in [9.17, 15) is 14.7 Å². The van der Waals surface area contributed by atoms with E-state index in [2.05, 4.69) is 5.10 Å². The van der Waals surface area contributed by atoms with Crippen LogP contribution in [0.2, 0.25) is 10.0 Å². The molecule has 146 valence electrons. The summed E-state index contributed by atoms with van der Waals surface area (Å²) in [5, 5.41) is 15.2. The van der Waals surface area contributed by atoms with Gasteiger partial charge in [0.1, 0.15) is 0 Å². The van der Waals surface area contributed by atoms with E-state index in [-0.39, 0.29) is 12.3 Å². The molecule has 0 radical (unpaired) electrons. The molecule has 0 fully saturated rings. The Hall–Kier alpha value is -2.37. The van der Waals surface area contributed by atoms with Gasteiger partial charge < -0.3 is 10.8 Å². The summed E-state index contributed by atoms with van der Waals surface area (Å²) in [5.74, 6) is -1.19. The smallest absolute Gasteiger partial charge is 0.328 e. The maximum Gasteiger partial charge on any atom is 0.328 e. The van der Waals surface area contributed by atoms with E-state index in [1.165, 1.54) is 6.08 Å². The molecular formula is C20H19Cl2N3O3. The molecule has 0 aliphatic carbocycles. The Kier molecular flexibility index (Phi) is 6.37. The fourth-order valence-corrected chi connectivity index (χ4v) is 4.27. The highest BCUT2D eigenvalue weighted by molar-refractivity contribution is 6.35. The number of isocyanates is 1. The van der Waals surface area contributed by atoms with Crippen LogP contribution in [-0.4, -0.2) is 23.2 Å². The number of anilines is 1. The number of aliphatic carboxylic acids is 1. The van der Waals surface area contributed by atoms with Gasteiger partial charge >= 0.3 is 5.97 Å². The van der Waals surface area contributed by atoms with Gasteiger partial charge in [-0.25, -0.2) is 14.6 Å². The largest absolute Gasteiger partial charge is 0.480 e. The number of benzene rings is 2. The zero-order chi connectivity index (χ0) is 20.3. The van der Waals surface area contributed by atoms with Crippen LogP contribution in [0.15, 0.2) is 41.5 Å². The molecule has 1 heterocycles. The van der Waals surface area contributed by atoms with E-state index in [1.807, 2.05) is 24.3 Å². The number of carbonyl (C=O) groups excluding carboxylic acids is 1. The minimum atomic E-state index is -1.07. The summed E-state index contributed by atoms with van der Waals surface area (Å²) in [4.78, 5) is 22.7. The summed E-state index contributed by atoms with van der Waals surface area (Å²) in [6.07, 6.45) is 3.14. The van der Waals surface area contributed by atoms with Crippen LogP contribution in [-0.2, 0) is 22.6 Å². The van der Waals surface area contributed by atoms with Crippen molar-refractivity contribution in [3.63, 3.8) is 0 Å². The quantitative estimate of drug-likeness (QED) is 0.542. The molecule has 1 aliphatic heterocycles. The highest BCUT2D eigenvalue weighted by Crippen LogP contribution is 2.46. The van der Waals surface area contributed by atoms with E-state index in [0.29, 0.717) is 28.7 Å². The SMILES string of the molecule is NCc1ccc(CC[C@H]2C[C@H](C(=O)O)N(N=C=O)c3cc(Cl)cc(Cl)c32)cc1. The molecule has 6 nitrogen and oxygen atoms in total. The summed E-state index contributed by atoms with van der Waals surface area (Å²) in [5.41, 5.74) is 9.00. The standard InChI is InChI=1S/C20H19Cl2N3O3/c21-15-8-16(22)19-14(6-5-12-1-3-13(10-23)4-2-12)7-18(20(27)28)25(24-11-26)17(19)9-15/h1-4,8-9,14,18H,5-7,10,23H2,(H,27,28)/t14-,18+/m0/s1. The minimum Gasteiger partial charge on any atom is -0.480 e. The molecule has 0 saturated heterocycles. The van der Waals surface area contributed by atoms with E-state index in [1.54, 1.807) is 12.1 Å². The number of rotatable bonds is 6. The third kappa shape index (κ3) is 4.21. The van der Waals surface area contributed by atoms with Gasteiger partial charge in [0, 0.05) is 16.6 Å². The highest BCUT2D eigenvalue weighted by Gasteiger charge is 2.38. The lowest BCUT2D eigenvalue weighted by Crippen LogP contribution is -2.42. The van der Waals surface area contributed by atoms with E-state index in [4.69, 9.17) is 28.9 Å². The molecule has 28 heavy (non-hydrogen) atoms. The van der Waals surface area contributed by atoms with Crippen LogP contribution < -0.4 is 10.7 Å². The summed E-state index contributed by atoms with van der Waals surface area (Å²) in [6.45, 7) is 0.486. The first kappa shape index (κ1) is 20.4. The Morgan fingerprint density at radius 1 is 1.25 bits per heavy atom. The molecule has 2 aromatic rings. The molecule has 0 bridgehead atoms. The van der Waals surface area contributed by atoms with Crippen LogP contribution in [0.25, 0.3) is 0 Å². The number of hydrogen-bond acceptors (Lipinski definition) is 5. The topological polar surface area (TPSA) is 96.0 Å². The lowest BCUT2D eigenvalue weighted by molar-refractivity contribution is -0.139. The minimum absolute atomic E-state index is 0.117. The number of carboxylic acid groups (broad SMARTS) is 1. The molecule has 2 aromatic carbocycles. The van der Waals surface area contributed by atoms with Crippen molar-refractivity contribution in [1.29, 1.82) is 0 Å². The molecule has 3 N–H and O–H groups in total. The van der Waals surface area contributed by atoms with Gasteiger partial charge in [-0.3, -0.25) is 0 Å². The number of carbonyl (C=O) groups is 1. The van der Waals surface area contributed by atoms with Crippen molar-refractivity contribution in [1.82, 2.24) is 0 Å². The normalized spacial score (nSPS) is 18.3. The van der Waals surface area contributed by atoms with Crippen LogP contribution in [0.5, 0.6) is 0 Å². The number of hydrazone groups is 1. The fraction of sp³-hybridized carbons (Fsp3) is 0.300. The monoisotopic (exact) mass is 419 g/mol. The van der Waals surface area contributed by atoms with Crippen molar-refractivity contribution in [2.45, 2.75) is 37.8 Å². The van der Waals surface area contributed by atoms with Gasteiger partial charge in [-0.1, -0.05) is 52.6 Å². The first-order valence-corrected chi connectivity index (χ1v) is 9.56. The molecule has 8 heteroatoms. The van der Waals surface area contributed by atoms with Crippen LogP contribution in [0, 0.1) is 0 Å². The van der Waals surface area contributed by atoms with Crippen LogP contribution in [0.3, 0.4) is 0 Å². The fourth-order valence-electron chi connectivity index (χ4n) is 3.64. The Balaban J connectivity index is 1.95. The number of fused-ring (bicyclic) bond motifs is 1. The van der Waals surface area contributed by atoms with Gasteiger partial charge in [0.25, 0.3) is 6.08 Å². The Bertz CT molecular complexity index is 927. The van der Waals surface area contributed by atoms with Gasteiger partial charge in [-0.15, -0.1) is 0 Å². The first-order chi connectivity index (χ1) is 13.4. The summed E-state index contributed by atoms with van der Waals surface area (Å²) in [7, 11) is 0. The Morgan fingerprint density at radius 2 is 1.93 bits per heavy atom. The van der Waals surface area contributed by atoms with Crippen molar-refractivity contribution in [2.24, 2.45) is 10.8 Å². The van der Waals surface area contributed by atoms with Crippen molar-refractivity contribution in [3.8, 4) is 0 Å². The summed E-state index contributed by atoms with van der Waals surface area (Å²) < 4.78 is 0. The van der Waals surface area contributed by atoms with Gasteiger partial charge in [0.05, 0.1) is 5.69 Å². The first-order valence-electron chi connectivity index (χ1n) is 8.81. The van der Waals surface area contributed by atoms with Crippen LogP contribution in [0.4, 0.5) is 5.69 Å². The third-order valence-electron chi connectivity index (χ3n) is 5.00. The lowest BCUT2D eigenvalue weighted by atomic mass is 9.82. The lowest BCUT2D eigenvalue weighted by Gasteiger charge is -2.37. The van der Waals surface area contributed by atoms with Crippen molar-refractivity contribution >= 4 is 40.9 Å². The Labute approximate surface area is 172 Å². The summed E-state index contributed by atoms with van der Waals surface area (Å²) in [6, 6.07) is 10.2. The predicted octanol–water partition coefficient (Wildman–Crippen LogP) is 4.08. The molecule has 0 aromatic heterocycles. The van der Waals surface area contributed by atoms with Gasteiger partial charge in [0.2, 0.25) is 0 Å². The van der Waals surface area contributed by atoms with Gasteiger partial charge in [-0.2, -0.15) is 0 Å². The van der Waals surface area contributed by atoms with E-state index >= 15 is 0 Å². The van der Waals surface area contributed by atoms with E-state index in [0.717, 1.165) is 28.1 Å². The second kappa shape index (κ2) is 8.76. The summed E-state index contributed by atoms with van der Waals surface area (Å²) >= 11 is 12.6. The number of aryl methyl sites for hydroxylation is 1. The zero-order valence-corrected chi connectivity index (χ0v) is 16.5. The molecular weight excluding hydrogens is 401 g/mol. The second-order valence-corrected chi connectivity index (χ2v) is 7.55. The highest BCUT2D eigenvalue weighted by atomic mass is 35.5. The number of nitrogens with zero attached hydrogens (tertiary/aromatic N) is 2. The number of hydrogen-bond donors (Lipinski definition) is 2. The average molecular weight is 420 g/mol. The molecule has 0 spiro atoms. The average Bonchev–Trinajstić information content (AvgIpc) is 2.67. The maximum atomic E-state index is 11.8. The van der Waals surface area contributed by atoms with Gasteiger partial charge in [-0.05, 0) is 54.0 Å². The molecule has 0 amide bonds. The zero-order valence-electron chi connectivity index (χ0n) is 14.9. The molecule has 1 aliphatic rings. The van der Waals surface area contributed by atoms with Crippen molar-refractivity contribution < 1.29 is 14.7 Å². The number of nitrogens with two attached hydrogens (primary N) is 1. The number of carboxylic acids is 1. The second-order valence-electron chi connectivity index (χ2n) is 6.70. The maximum absolute atomic E-state index is 11.8. The molecule has 0 unspecified atom stereocenters. The van der Waals surface area contributed by atoms with Crippen LogP contribution >= 0.6 is 23.2 Å². The molecule has 2 atom stereocenters. The Morgan fingerprint density at radius 3 is 2.54 bits per heavy atom. The molecule has 0 saturated carbocycles.